The van der Waals surface area contributed by atoms with Gasteiger partial charge < -0.3 is 15.8 Å². The first-order valence-corrected chi connectivity index (χ1v) is 7.75. The predicted octanol–water partition coefficient (Wildman–Crippen LogP) is 0.755. The molecule has 1 aromatic rings. The fourth-order valence-electron chi connectivity index (χ4n) is 2.15. The second-order valence-corrected chi connectivity index (χ2v) is 6.29. The summed E-state index contributed by atoms with van der Waals surface area (Å²) in [6.45, 7) is 2.39. The maximum Gasteiger partial charge on any atom is 0.240 e. The minimum Gasteiger partial charge on any atom is -0.398 e. The molecule has 1 aliphatic rings. The number of ether oxygens (including phenoxy) is 1. The second-order valence-electron chi connectivity index (χ2n) is 4.76. The monoisotopic (exact) mass is 285 g/mol. The van der Waals surface area contributed by atoms with Crippen molar-refractivity contribution >= 4 is 21.4 Å². The first-order chi connectivity index (χ1) is 8.97. The fraction of sp³-hybridized carbons (Fsp3) is 0.500. The zero-order valence-electron chi connectivity index (χ0n) is 10.6. The van der Waals surface area contributed by atoms with E-state index in [0.717, 1.165) is 38.3 Å². The molecule has 0 bridgehead atoms. The molecule has 5 N–H and O–H groups in total. The third-order valence-corrected chi connectivity index (χ3v) is 4.15. The Labute approximate surface area is 113 Å². The lowest BCUT2D eigenvalue weighted by Crippen LogP contribution is -2.24. The molecule has 1 unspecified atom stereocenters. The summed E-state index contributed by atoms with van der Waals surface area (Å²) in [6.07, 6.45) is 2.22. The molecule has 1 atom stereocenters. The summed E-state index contributed by atoms with van der Waals surface area (Å²) in [5.74, 6) is 0.480. The Hall–Kier alpha value is -1.31. The van der Waals surface area contributed by atoms with Gasteiger partial charge in [0.05, 0.1) is 12.3 Å². The topological polar surface area (TPSA) is 107 Å². The van der Waals surface area contributed by atoms with Crippen molar-refractivity contribution in [1.82, 2.24) is 0 Å². The summed E-state index contributed by atoms with van der Waals surface area (Å²) >= 11 is 0. The van der Waals surface area contributed by atoms with Crippen LogP contribution < -0.4 is 16.2 Å². The van der Waals surface area contributed by atoms with Crippen molar-refractivity contribution in [3.05, 3.63) is 18.2 Å². The van der Waals surface area contributed by atoms with E-state index in [2.05, 4.69) is 5.32 Å². The van der Waals surface area contributed by atoms with Gasteiger partial charge in [0.1, 0.15) is 4.90 Å². The van der Waals surface area contributed by atoms with Gasteiger partial charge in [0.2, 0.25) is 10.0 Å². The molecule has 1 heterocycles. The van der Waals surface area contributed by atoms with Gasteiger partial charge >= 0.3 is 0 Å². The minimum absolute atomic E-state index is 0.0425. The highest BCUT2D eigenvalue weighted by atomic mass is 32.2. The van der Waals surface area contributed by atoms with Gasteiger partial charge in [-0.3, -0.25) is 0 Å². The molecule has 1 aliphatic heterocycles. The number of hydrogen-bond donors (Lipinski definition) is 3. The molecule has 2 rings (SSSR count). The van der Waals surface area contributed by atoms with Crippen molar-refractivity contribution in [2.45, 2.75) is 17.7 Å². The van der Waals surface area contributed by atoms with E-state index in [1.165, 1.54) is 6.07 Å². The normalized spacial score (nSPS) is 20.2. The quantitative estimate of drug-likeness (QED) is 0.708. The summed E-state index contributed by atoms with van der Waals surface area (Å²) in [7, 11) is -3.76. The van der Waals surface area contributed by atoms with Crippen LogP contribution in [-0.4, -0.2) is 28.2 Å². The van der Waals surface area contributed by atoms with Crippen molar-refractivity contribution in [3.63, 3.8) is 0 Å². The average molecular weight is 285 g/mol. The van der Waals surface area contributed by atoms with E-state index in [-0.39, 0.29) is 10.6 Å². The largest absolute Gasteiger partial charge is 0.398 e. The van der Waals surface area contributed by atoms with Crippen molar-refractivity contribution < 1.29 is 13.2 Å². The molecule has 0 saturated carbocycles. The molecular weight excluding hydrogens is 266 g/mol. The summed E-state index contributed by atoms with van der Waals surface area (Å²) in [6, 6.07) is 4.67. The van der Waals surface area contributed by atoms with Gasteiger partial charge in [0.25, 0.3) is 0 Å². The van der Waals surface area contributed by atoms with E-state index in [4.69, 9.17) is 15.6 Å². The van der Waals surface area contributed by atoms with E-state index >= 15 is 0 Å². The number of nitrogens with one attached hydrogen (secondary N) is 1. The third kappa shape index (κ3) is 3.82. The first-order valence-electron chi connectivity index (χ1n) is 6.21. The third-order valence-electron chi connectivity index (χ3n) is 3.17. The summed E-state index contributed by atoms with van der Waals surface area (Å²) in [4.78, 5) is -0.0425. The van der Waals surface area contributed by atoms with Crippen molar-refractivity contribution in [2.24, 2.45) is 11.1 Å². The maximum atomic E-state index is 11.2. The SMILES string of the molecule is Nc1cc(NCC2CCCOC2)ccc1S(N)(=O)=O. The number of hydrogen-bond acceptors (Lipinski definition) is 5. The number of benzene rings is 1. The van der Waals surface area contributed by atoms with Crippen molar-refractivity contribution in [3.8, 4) is 0 Å². The Morgan fingerprint density at radius 2 is 2.21 bits per heavy atom. The molecular formula is C12H19N3O3S. The van der Waals surface area contributed by atoms with E-state index in [1.54, 1.807) is 12.1 Å². The molecule has 0 radical (unpaired) electrons. The Morgan fingerprint density at radius 1 is 1.42 bits per heavy atom. The molecule has 106 valence electrons. The van der Waals surface area contributed by atoms with E-state index in [1.807, 2.05) is 0 Å². The van der Waals surface area contributed by atoms with Gasteiger partial charge in [0.15, 0.2) is 0 Å². The molecule has 7 heteroatoms. The Balaban J connectivity index is 2.00. The molecule has 19 heavy (non-hydrogen) atoms. The lowest BCUT2D eigenvalue weighted by atomic mass is 10.0. The van der Waals surface area contributed by atoms with Gasteiger partial charge in [-0.15, -0.1) is 0 Å². The standard InChI is InChI=1S/C12H19N3O3S/c13-11-6-10(3-4-12(11)19(14,16)17)15-7-9-2-1-5-18-8-9/h3-4,6,9,15H,1-2,5,7-8,13H2,(H2,14,16,17). The Morgan fingerprint density at radius 3 is 2.79 bits per heavy atom. The highest BCUT2D eigenvalue weighted by molar-refractivity contribution is 7.89. The molecule has 0 amide bonds. The lowest BCUT2D eigenvalue weighted by molar-refractivity contribution is 0.0595. The van der Waals surface area contributed by atoms with Crippen LogP contribution in [0.3, 0.4) is 0 Å². The minimum atomic E-state index is -3.76. The molecule has 0 spiro atoms. The van der Waals surface area contributed by atoms with Gasteiger partial charge in [-0.05, 0) is 37.0 Å². The highest BCUT2D eigenvalue weighted by Gasteiger charge is 2.15. The van der Waals surface area contributed by atoms with Crippen LogP contribution in [0.1, 0.15) is 12.8 Å². The second kappa shape index (κ2) is 5.77. The predicted molar refractivity (Wildman–Crippen MR) is 74.3 cm³/mol. The van der Waals surface area contributed by atoms with Crippen LogP contribution >= 0.6 is 0 Å². The first kappa shape index (κ1) is 14.1. The van der Waals surface area contributed by atoms with Gasteiger partial charge in [0, 0.05) is 18.8 Å². The number of nitrogen functional groups attached to an aromatic ring is 1. The molecule has 0 aliphatic carbocycles. The van der Waals surface area contributed by atoms with Crippen molar-refractivity contribution in [1.29, 1.82) is 0 Å². The number of sulfonamides is 1. The van der Waals surface area contributed by atoms with E-state index in [9.17, 15) is 8.42 Å². The highest BCUT2D eigenvalue weighted by Crippen LogP contribution is 2.22. The number of nitrogens with two attached hydrogens (primary N) is 2. The zero-order chi connectivity index (χ0) is 13.9. The molecule has 6 nitrogen and oxygen atoms in total. The molecule has 1 aromatic carbocycles. The van der Waals surface area contributed by atoms with Crippen LogP contribution in [0, 0.1) is 5.92 Å². The van der Waals surface area contributed by atoms with Crippen LogP contribution in [0.25, 0.3) is 0 Å². The van der Waals surface area contributed by atoms with Crippen LogP contribution in [0.2, 0.25) is 0 Å². The van der Waals surface area contributed by atoms with Crippen LogP contribution in [0.15, 0.2) is 23.1 Å². The number of primary sulfonamides is 1. The van der Waals surface area contributed by atoms with Crippen LogP contribution in [0.4, 0.5) is 11.4 Å². The van der Waals surface area contributed by atoms with E-state index < -0.39 is 10.0 Å². The zero-order valence-corrected chi connectivity index (χ0v) is 11.4. The Kier molecular flexibility index (Phi) is 4.28. The van der Waals surface area contributed by atoms with Crippen molar-refractivity contribution in [2.75, 3.05) is 30.8 Å². The average Bonchev–Trinajstić information content (AvgIpc) is 2.36. The fourth-order valence-corrected chi connectivity index (χ4v) is 2.79. The van der Waals surface area contributed by atoms with Crippen LogP contribution in [-0.2, 0) is 14.8 Å². The van der Waals surface area contributed by atoms with Gasteiger partial charge in [-0.25, -0.2) is 13.6 Å². The smallest absolute Gasteiger partial charge is 0.240 e. The lowest BCUT2D eigenvalue weighted by Gasteiger charge is -2.22. The molecule has 1 fully saturated rings. The maximum absolute atomic E-state index is 11.2. The summed E-state index contributed by atoms with van der Waals surface area (Å²) in [5, 5.41) is 8.29. The van der Waals surface area contributed by atoms with Gasteiger partial charge in [-0.1, -0.05) is 0 Å². The summed E-state index contributed by atoms with van der Waals surface area (Å²) < 4.78 is 27.9. The summed E-state index contributed by atoms with van der Waals surface area (Å²) in [5.41, 5.74) is 6.64. The van der Waals surface area contributed by atoms with E-state index in [0.29, 0.717) is 5.92 Å². The number of anilines is 2. The Bertz CT molecular complexity index is 539. The number of rotatable bonds is 4. The van der Waals surface area contributed by atoms with Gasteiger partial charge in [-0.2, -0.15) is 0 Å². The van der Waals surface area contributed by atoms with Crippen LogP contribution in [0.5, 0.6) is 0 Å². The molecule has 0 aromatic heterocycles. The molecule has 1 saturated heterocycles.